The van der Waals surface area contributed by atoms with Crippen molar-refractivity contribution in [3.63, 3.8) is 0 Å². The Morgan fingerprint density at radius 3 is 1.43 bits per heavy atom. The van der Waals surface area contributed by atoms with Crippen LogP contribution in [0.25, 0.3) is 0 Å². The molecule has 0 radical (unpaired) electrons. The summed E-state index contributed by atoms with van der Waals surface area (Å²) in [4.78, 5) is 174. The number of nitrogens with zero attached hydrogens (tertiary/aromatic N) is 8. The minimum atomic E-state index is -1.63. The molecule has 0 bridgehead atoms. The van der Waals surface area contributed by atoms with E-state index in [1.165, 1.54) is 99.5 Å². The number of hydrogen-bond acceptors (Lipinski definition) is 14. The average molecular weight is 1300 g/mol. The maximum atomic E-state index is 15.3. The first-order valence-corrected chi connectivity index (χ1v) is 33.3. The van der Waals surface area contributed by atoms with Crippen molar-refractivity contribution in [3.05, 3.63) is 12.2 Å². The zero-order chi connectivity index (χ0) is 70.8. The van der Waals surface area contributed by atoms with Gasteiger partial charge in [-0.3, -0.25) is 57.6 Å². The van der Waals surface area contributed by atoms with Crippen LogP contribution in [-0.2, 0) is 57.5 Å². The number of rotatable bonds is 18. The molecule has 0 unspecified atom stereocenters. The molecule has 0 aromatic heterocycles. The monoisotopic (exact) mass is 1300 g/mol. The minimum Gasteiger partial charge on any atom is -0.390 e. The Balaban J connectivity index is 3.03. The molecule has 14 atom stereocenters. The number of hydrogen-bond donors (Lipinski definition) is 5. The molecule has 0 aromatic carbocycles. The molecule has 0 aromatic rings. The second-order valence-electron chi connectivity index (χ2n) is 28.2. The molecule has 2 aliphatic heterocycles. The van der Waals surface area contributed by atoms with Crippen molar-refractivity contribution >= 4 is 65.0 Å². The summed E-state index contributed by atoms with van der Waals surface area (Å²) in [5.41, 5.74) is 0. The number of allylic oxidation sites excluding steroid dienone is 2. The van der Waals surface area contributed by atoms with E-state index in [0.717, 1.165) is 4.90 Å². The Bertz CT molecular complexity index is 2540. The molecule has 2 rings (SSSR count). The van der Waals surface area contributed by atoms with Crippen LogP contribution < -0.4 is 21.3 Å². The maximum Gasteiger partial charge on any atom is 0.246 e. The molecule has 25 heteroatoms. The molecular weight excluding hydrogens is 1180 g/mol. The second kappa shape index (κ2) is 37.0. The molecule has 0 aliphatic carbocycles. The summed E-state index contributed by atoms with van der Waals surface area (Å²) in [5, 5.41) is 23.4. The molecule has 2 aliphatic rings. The predicted octanol–water partition coefficient (Wildman–Crippen LogP) is 2.97. The molecule has 0 saturated carbocycles. The largest absolute Gasteiger partial charge is 0.390 e. The molecule has 2 saturated heterocycles. The Labute approximate surface area is 550 Å². The molecule has 2 fully saturated rings. The molecule has 2 heterocycles. The summed E-state index contributed by atoms with van der Waals surface area (Å²) >= 11 is 0. The third-order valence-corrected chi connectivity index (χ3v) is 18.5. The number of aliphatic hydroxyl groups is 1. The quantitative estimate of drug-likeness (QED) is 0.123. The third-order valence-electron chi connectivity index (χ3n) is 18.5. The number of likely N-dealkylation sites (N-methyl/N-ethyl adjacent to an activating group) is 7. The lowest BCUT2D eigenvalue weighted by Crippen LogP contribution is -2.64. The van der Waals surface area contributed by atoms with Gasteiger partial charge in [-0.25, -0.2) is 0 Å². The number of carbonyl (C=O) groups is 11. The molecule has 11 amide bonds. The fourth-order valence-electron chi connectivity index (χ4n) is 12.2. The smallest absolute Gasteiger partial charge is 0.246 e. The lowest BCUT2D eigenvalue weighted by Gasteiger charge is -2.41. The number of carbonyl (C=O) groups excluding carboxylic acids is 11. The van der Waals surface area contributed by atoms with E-state index >= 15 is 24.0 Å². The van der Waals surface area contributed by atoms with Crippen LogP contribution in [0.15, 0.2) is 12.2 Å². The first-order chi connectivity index (χ1) is 42.6. The highest BCUT2D eigenvalue weighted by molar-refractivity contribution is 6.00. The van der Waals surface area contributed by atoms with Crippen LogP contribution in [0.4, 0.5) is 0 Å². The summed E-state index contributed by atoms with van der Waals surface area (Å²) in [6.45, 7) is 31.4. The van der Waals surface area contributed by atoms with Crippen LogP contribution in [0.5, 0.6) is 0 Å². The number of methoxy groups -OCH3 is 1. The van der Waals surface area contributed by atoms with Gasteiger partial charge in [0, 0.05) is 69.5 Å². The molecular formula is C67H120N12O13. The maximum absolute atomic E-state index is 15.3. The van der Waals surface area contributed by atoms with Gasteiger partial charge < -0.3 is 65.4 Å². The van der Waals surface area contributed by atoms with E-state index in [2.05, 4.69) is 26.2 Å². The molecule has 5 N–H and O–H groups in total. The third kappa shape index (κ3) is 21.7. The van der Waals surface area contributed by atoms with E-state index in [0.29, 0.717) is 32.5 Å². The van der Waals surface area contributed by atoms with Crippen LogP contribution in [0.3, 0.4) is 0 Å². The van der Waals surface area contributed by atoms with Gasteiger partial charge in [-0.1, -0.05) is 102 Å². The minimum absolute atomic E-state index is 0.00584. The number of aliphatic hydroxyl groups excluding tert-OH is 1. The van der Waals surface area contributed by atoms with Crippen molar-refractivity contribution in [3.8, 4) is 0 Å². The highest BCUT2D eigenvalue weighted by Crippen LogP contribution is 2.27. The Morgan fingerprint density at radius 1 is 0.500 bits per heavy atom. The molecule has 92 heavy (non-hydrogen) atoms. The van der Waals surface area contributed by atoms with Crippen LogP contribution in [0.2, 0.25) is 0 Å². The van der Waals surface area contributed by atoms with Gasteiger partial charge in [0.25, 0.3) is 0 Å². The number of ether oxygens (including phenoxy) is 1. The highest BCUT2D eigenvalue weighted by Gasteiger charge is 2.46. The van der Waals surface area contributed by atoms with Crippen LogP contribution >= 0.6 is 0 Å². The summed E-state index contributed by atoms with van der Waals surface area (Å²) in [6.07, 6.45) is 3.32. The number of likely N-dealkylation sites (tertiary alicyclic amines) is 1. The lowest BCUT2D eigenvalue weighted by atomic mass is 9.91. The summed E-state index contributed by atoms with van der Waals surface area (Å²) in [7, 11) is 11.6. The molecule has 25 nitrogen and oxygen atoms in total. The van der Waals surface area contributed by atoms with Gasteiger partial charge in [0.05, 0.1) is 12.2 Å². The average Bonchev–Trinajstić information content (AvgIpc) is 0.817. The highest BCUT2D eigenvalue weighted by atomic mass is 16.5. The van der Waals surface area contributed by atoms with Crippen molar-refractivity contribution in [2.75, 3.05) is 76.1 Å². The van der Waals surface area contributed by atoms with Crippen molar-refractivity contribution in [2.24, 2.45) is 41.4 Å². The van der Waals surface area contributed by atoms with Crippen molar-refractivity contribution in [1.29, 1.82) is 0 Å². The zero-order valence-corrected chi connectivity index (χ0v) is 60.5. The Morgan fingerprint density at radius 2 is 0.957 bits per heavy atom. The van der Waals surface area contributed by atoms with E-state index in [4.69, 9.17) is 4.74 Å². The number of nitrogens with one attached hydrogen (secondary N) is 4. The first-order valence-electron chi connectivity index (χ1n) is 33.3. The van der Waals surface area contributed by atoms with Crippen molar-refractivity contribution in [1.82, 2.24) is 60.5 Å². The van der Waals surface area contributed by atoms with E-state index < -0.39 is 161 Å². The lowest BCUT2D eigenvalue weighted by molar-refractivity contribution is -0.157. The predicted molar refractivity (Wildman–Crippen MR) is 355 cm³/mol. The summed E-state index contributed by atoms with van der Waals surface area (Å²) in [6, 6.07) is -13.8. The van der Waals surface area contributed by atoms with Crippen LogP contribution in [0.1, 0.15) is 156 Å². The van der Waals surface area contributed by atoms with Crippen LogP contribution in [0, 0.1) is 41.4 Å². The fourth-order valence-corrected chi connectivity index (χ4v) is 12.2. The van der Waals surface area contributed by atoms with E-state index in [9.17, 15) is 33.9 Å². The fraction of sp³-hybridized carbons (Fsp3) is 0.806. The van der Waals surface area contributed by atoms with Crippen molar-refractivity contribution < 1.29 is 62.6 Å². The van der Waals surface area contributed by atoms with Gasteiger partial charge in [0.1, 0.15) is 66.5 Å². The number of amides is 11. The van der Waals surface area contributed by atoms with Gasteiger partial charge in [0.15, 0.2) is 0 Å². The van der Waals surface area contributed by atoms with Gasteiger partial charge in [-0.2, -0.15) is 0 Å². The first kappa shape index (κ1) is 81.9. The summed E-state index contributed by atoms with van der Waals surface area (Å²) in [5.74, 6) is -10.2. The molecule has 0 spiro atoms. The van der Waals surface area contributed by atoms with Gasteiger partial charge in [0.2, 0.25) is 65.0 Å². The zero-order valence-electron chi connectivity index (χ0n) is 60.5. The standard InChI is InChI=1S/C67H120N12O13/c1-26-28-29-43(14)56(80)55-60(84)70-48(27-2)63(87)72(18)46(17)62(86)77(23)54(42(13)30-31-79-35-47(36-79)92-25)59(83)71-52(40(9)10)66(90)73(19)49(32-37(3)4)58(82)68-44(15)57(81)69-45(16)61(85)74(20)50(33-38(5)6)64(88)75(21)51(34-39(7)8)65(89)76(22)53(41(11)12)67(91)78(55)24/h26,28,37-56,80H,27,29-36H2,1-25H3,(H,68,82)(H,69,81)(H,70,84)(H,71,83)/b28-26+/t42-,43-,44+,45-,46-,48+,49+,50+,51+,52+,53+,54+,55+,56-/m1/s1. The topological polar surface area (TPSA) is 291 Å². The summed E-state index contributed by atoms with van der Waals surface area (Å²) < 4.78 is 5.49. The SMILES string of the molecule is C/C=C/C[C@@H](C)[C@@H](O)[C@H]1C(=O)N[C@@H](CC)C(=O)N(C)[C@H](C)C(=O)N(C)[C@@H]([C@H](C)CCN2CC(OC)C2)C(=O)N[C@@H](C(C)C)C(=O)N(C)[C@@H](CC(C)C)C(=O)N[C@@H](C)C(=O)N[C@H](C)C(=O)N(C)[C@@H](CC(C)C)C(=O)N(C)[C@@H](CC(C)C)C(=O)N(C)[C@@H](C(C)C)C(=O)N1C. The Kier molecular flexibility index (Phi) is 33.0. The second-order valence-corrected chi connectivity index (χ2v) is 28.2. The van der Waals surface area contributed by atoms with Gasteiger partial charge in [-0.05, 0) is 114 Å². The van der Waals surface area contributed by atoms with Gasteiger partial charge >= 0.3 is 0 Å². The van der Waals surface area contributed by atoms with Crippen molar-refractivity contribution in [2.45, 2.75) is 235 Å². The van der Waals surface area contributed by atoms with E-state index in [1.54, 1.807) is 61.7 Å². The Hall–Kier alpha value is -6.21. The normalized spacial score (nSPS) is 28.1. The van der Waals surface area contributed by atoms with Crippen LogP contribution in [-0.4, -0.2) is 264 Å². The molecule has 526 valence electrons. The van der Waals surface area contributed by atoms with Gasteiger partial charge in [-0.15, -0.1) is 0 Å². The van der Waals surface area contributed by atoms with E-state index in [-0.39, 0.29) is 49.5 Å². The van der Waals surface area contributed by atoms with E-state index in [1.807, 2.05) is 54.5 Å².